The van der Waals surface area contributed by atoms with Crippen molar-refractivity contribution >= 4 is 5.91 Å². The predicted molar refractivity (Wildman–Crippen MR) is 109 cm³/mol. The van der Waals surface area contributed by atoms with E-state index in [9.17, 15) is 9.90 Å². The van der Waals surface area contributed by atoms with Crippen molar-refractivity contribution in [1.29, 1.82) is 0 Å². The molecule has 0 radical (unpaired) electrons. The van der Waals surface area contributed by atoms with E-state index in [1.165, 1.54) is 4.68 Å². The number of benzene rings is 1. The SMILES string of the molecule is COc1ccc(OC)c(-c2cc(C(=O)NCC[C@H](O)c3cccn3C)n(C)n2)c1. The molecule has 0 bridgehead atoms. The average molecular weight is 398 g/mol. The zero-order valence-corrected chi connectivity index (χ0v) is 17.0. The van der Waals surface area contributed by atoms with Crippen LogP contribution < -0.4 is 14.8 Å². The van der Waals surface area contributed by atoms with Crippen molar-refractivity contribution in [3.63, 3.8) is 0 Å². The molecule has 2 aromatic heterocycles. The highest BCUT2D eigenvalue weighted by Gasteiger charge is 2.18. The molecule has 154 valence electrons. The first-order chi connectivity index (χ1) is 13.9. The van der Waals surface area contributed by atoms with E-state index in [2.05, 4.69) is 10.4 Å². The van der Waals surface area contributed by atoms with Gasteiger partial charge in [0.2, 0.25) is 0 Å². The summed E-state index contributed by atoms with van der Waals surface area (Å²) in [6, 6.07) is 10.9. The van der Waals surface area contributed by atoms with Gasteiger partial charge in [-0.3, -0.25) is 9.48 Å². The molecule has 2 N–H and O–H groups in total. The van der Waals surface area contributed by atoms with Gasteiger partial charge >= 0.3 is 0 Å². The second-order valence-corrected chi connectivity index (χ2v) is 6.71. The maximum Gasteiger partial charge on any atom is 0.269 e. The molecule has 3 aromatic rings. The number of carbonyl (C=O) groups is 1. The third-order valence-electron chi connectivity index (χ3n) is 4.82. The van der Waals surface area contributed by atoms with Gasteiger partial charge in [-0.1, -0.05) is 0 Å². The number of ether oxygens (including phenoxy) is 2. The molecule has 0 aliphatic rings. The van der Waals surface area contributed by atoms with Gasteiger partial charge in [0.25, 0.3) is 5.91 Å². The lowest BCUT2D eigenvalue weighted by Gasteiger charge is -2.12. The Bertz CT molecular complexity index is 992. The maximum atomic E-state index is 12.6. The molecule has 2 heterocycles. The average Bonchev–Trinajstić information content (AvgIpc) is 3.32. The number of aromatic nitrogens is 3. The third kappa shape index (κ3) is 4.43. The summed E-state index contributed by atoms with van der Waals surface area (Å²) < 4.78 is 14.1. The van der Waals surface area contributed by atoms with Crippen LogP contribution in [0.15, 0.2) is 42.6 Å². The summed E-state index contributed by atoms with van der Waals surface area (Å²) >= 11 is 0. The highest BCUT2D eigenvalue weighted by atomic mass is 16.5. The summed E-state index contributed by atoms with van der Waals surface area (Å²) in [5.41, 5.74) is 2.57. The molecule has 3 rings (SSSR count). The molecule has 1 atom stereocenters. The zero-order chi connectivity index (χ0) is 21.0. The first-order valence-corrected chi connectivity index (χ1v) is 9.28. The van der Waals surface area contributed by atoms with Gasteiger partial charge in [0.05, 0.1) is 26.0 Å². The molecular weight excluding hydrogens is 372 g/mol. The van der Waals surface area contributed by atoms with Crippen molar-refractivity contribution < 1.29 is 19.4 Å². The lowest BCUT2D eigenvalue weighted by atomic mass is 10.1. The number of aliphatic hydroxyl groups excluding tert-OH is 1. The van der Waals surface area contributed by atoms with Gasteiger partial charge in [0.1, 0.15) is 17.2 Å². The number of rotatable bonds is 8. The zero-order valence-electron chi connectivity index (χ0n) is 17.0. The Morgan fingerprint density at radius 3 is 2.66 bits per heavy atom. The van der Waals surface area contributed by atoms with Crippen molar-refractivity contribution in [2.24, 2.45) is 14.1 Å². The molecular formula is C21H26N4O4. The Labute approximate surface area is 169 Å². The largest absolute Gasteiger partial charge is 0.497 e. The highest BCUT2D eigenvalue weighted by Crippen LogP contribution is 2.32. The Morgan fingerprint density at radius 1 is 1.21 bits per heavy atom. The first-order valence-electron chi connectivity index (χ1n) is 9.28. The van der Waals surface area contributed by atoms with Gasteiger partial charge in [0.15, 0.2) is 0 Å². The molecule has 0 spiro atoms. The number of hydrogen-bond acceptors (Lipinski definition) is 5. The minimum absolute atomic E-state index is 0.257. The number of methoxy groups -OCH3 is 2. The quantitative estimate of drug-likeness (QED) is 0.608. The van der Waals surface area contributed by atoms with Gasteiger partial charge in [-0.15, -0.1) is 0 Å². The van der Waals surface area contributed by atoms with E-state index in [0.29, 0.717) is 35.9 Å². The van der Waals surface area contributed by atoms with Gasteiger partial charge < -0.3 is 24.5 Å². The Balaban J connectivity index is 1.70. The Kier molecular flexibility index (Phi) is 6.23. The molecule has 0 aliphatic carbocycles. The van der Waals surface area contributed by atoms with Crippen LogP contribution in [-0.4, -0.2) is 46.1 Å². The number of carbonyl (C=O) groups excluding carboxylic acids is 1. The number of aryl methyl sites for hydroxylation is 2. The molecule has 1 aromatic carbocycles. The van der Waals surface area contributed by atoms with E-state index in [1.807, 2.05) is 36.0 Å². The summed E-state index contributed by atoms with van der Waals surface area (Å²) in [6.07, 6.45) is 1.65. The molecule has 0 fully saturated rings. The van der Waals surface area contributed by atoms with Gasteiger partial charge in [-0.2, -0.15) is 5.10 Å². The Morgan fingerprint density at radius 2 is 2.00 bits per heavy atom. The smallest absolute Gasteiger partial charge is 0.269 e. The molecule has 0 saturated heterocycles. The van der Waals surface area contributed by atoms with Crippen LogP contribution in [0.25, 0.3) is 11.3 Å². The van der Waals surface area contributed by atoms with Crippen LogP contribution in [0.1, 0.15) is 28.7 Å². The molecule has 8 nitrogen and oxygen atoms in total. The lowest BCUT2D eigenvalue weighted by Crippen LogP contribution is -2.27. The standard InChI is InChI=1S/C21H26N4O4/c1-24-11-5-6-17(24)19(26)9-10-22-21(27)18-13-16(23-25(18)2)15-12-14(28-3)7-8-20(15)29-4/h5-8,11-13,19,26H,9-10H2,1-4H3,(H,22,27)/t19-/m0/s1. The molecule has 0 unspecified atom stereocenters. The van der Waals surface area contributed by atoms with Crippen molar-refractivity contribution in [2.75, 3.05) is 20.8 Å². The molecule has 1 amide bonds. The van der Waals surface area contributed by atoms with Crippen LogP contribution in [0, 0.1) is 0 Å². The Hall–Kier alpha value is -3.26. The van der Waals surface area contributed by atoms with E-state index >= 15 is 0 Å². The van der Waals surface area contributed by atoms with Gasteiger partial charge in [-0.25, -0.2) is 0 Å². The van der Waals surface area contributed by atoms with E-state index < -0.39 is 6.10 Å². The van der Waals surface area contributed by atoms with Crippen molar-refractivity contribution in [3.8, 4) is 22.8 Å². The van der Waals surface area contributed by atoms with E-state index in [-0.39, 0.29) is 5.91 Å². The van der Waals surface area contributed by atoms with Crippen LogP contribution in [-0.2, 0) is 14.1 Å². The van der Waals surface area contributed by atoms with Crippen LogP contribution >= 0.6 is 0 Å². The molecule has 0 saturated carbocycles. The van der Waals surface area contributed by atoms with Crippen LogP contribution in [0.5, 0.6) is 11.5 Å². The molecule has 8 heteroatoms. The number of nitrogens with zero attached hydrogens (tertiary/aromatic N) is 3. The minimum atomic E-state index is -0.640. The monoisotopic (exact) mass is 398 g/mol. The fraction of sp³-hybridized carbons (Fsp3) is 0.333. The van der Waals surface area contributed by atoms with E-state index in [0.717, 1.165) is 11.3 Å². The fourth-order valence-electron chi connectivity index (χ4n) is 3.21. The second-order valence-electron chi connectivity index (χ2n) is 6.71. The number of aliphatic hydroxyl groups is 1. The summed E-state index contributed by atoms with van der Waals surface area (Å²) in [7, 11) is 6.76. The van der Waals surface area contributed by atoms with Crippen LogP contribution in [0.2, 0.25) is 0 Å². The highest BCUT2D eigenvalue weighted by molar-refractivity contribution is 5.93. The second kappa shape index (κ2) is 8.83. The first kappa shape index (κ1) is 20.5. The molecule has 29 heavy (non-hydrogen) atoms. The maximum absolute atomic E-state index is 12.6. The normalized spacial score (nSPS) is 11.9. The minimum Gasteiger partial charge on any atom is -0.497 e. The van der Waals surface area contributed by atoms with Crippen molar-refractivity contribution in [1.82, 2.24) is 19.7 Å². The number of hydrogen-bond donors (Lipinski definition) is 2. The number of nitrogens with one attached hydrogen (secondary N) is 1. The van der Waals surface area contributed by atoms with Crippen LogP contribution in [0.3, 0.4) is 0 Å². The topological polar surface area (TPSA) is 90.5 Å². The van der Waals surface area contributed by atoms with E-state index in [4.69, 9.17) is 9.47 Å². The van der Waals surface area contributed by atoms with Gasteiger partial charge in [-0.05, 0) is 42.8 Å². The third-order valence-corrected chi connectivity index (χ3v) is 4.82. The summed E-state index contributed by atoms with van der Waals surface area (Å²) in [4.78, 5) is 12.6. The lowest BCUT2D eigenvalue weighted by molar-refractivity contribution is 0.0932. The van der Waals surface area contributed by atoms with Crippen LogP contribution in [0.4, 0.5) is 0 Å². The van der Waals surface area contributed by atoms with Crippen molar-refractivity contribution in [3.05, 3.63) is 54.0 Å². The molecule has 0 aliphatic heterocycles. The number of amides is 1. The summed E-state index contributed by atoms with van der Waals surface area (Å²) in [6.45, 7) is 0.341. The van der Waals surface area contributed by atoms with Gasteiger partial charge in [0, 0.05) is 38.1 Å². The summed E-state index contributed by atoms with van der Waals surface area (Å²) in [5, 5.41) is 17.6. The van der Waals surface area contributed by atoms with Crippen molar-refractivity contribution in [2.45, 2.75) is 12.5 Å². The summed E-state index contributed by atoms with van der Waals surface area (Å²) in [5.74, 6) is 1.06. The fourth-order valence-corrected chi connectivity index (χ4v) is 3.21. The predicted octanol–water partition coefficient (Wildman–Crippen LogP) is 2.30. The van der Waals surface area contributed by atoms with E-state index in [1.54, 1.807) is 39.5 Å².